The van der Waals surface area contributed by atoms with Gasteiger partial charge in [0.1, 0.15) is 16.2 Å². The Morgan fingerprint density at radius 3 is 2.80 bits per heavy atom. The number of hydrogen-bond donors (Lipinski definition) is 0. The molecule has 0 saturated carbocycles. The van der Waals surface area contributed by atoms with Crippen molar-refractivity contribution in [3.63, 3.8) is 0 Å². The van der Waals surface area contributed by atoms with Crippen molar-refractivity contribution >= 4 is 39.1 Å². The van der Waals surface area contributed by atoms with E-state index in [0.29, 0.717) is 5.75 Å². The quantitative estimate of drug-likeness (QED) is 0.268. The van der Waals surface area contributed by atoms with Gasteiger partial charge in [0, 0.05) is 33.8 Å². The number of hydrogen-bond acceptors (Lipinski definition) is 5. The maximum absolute atomic E-state index is 12.7. The molecule has 0 atom stereocenters. The average molecular weight is 372 g/mol. The van der Waals surface area contributed by atoms with E-state index in [2.05, 4.69) is 35.0 Å². The molecule has 6 heteroatoms. The molecule has 0 spiro atoms. The average Bonchev–Trinajstić information content (AvgIpc) is 3.04. The Balaban J connectivity index is 1.84. The first kappa shape index (κ1) is 17.9. The number of rotatable bonds is 6. The first-order valence-corrected chi connectivity index (χ1v) is 9.88. The number of carbonyl (C=O) groups is 1. The predicted molar refractivity (Wildman–Crippen MR) is 106 cm³/mol. The number of thiophene rings is 1. The molecule has 0 aromatic carbocycles. The van der Waals surface area contributed by atoms with Crippen LogP contribution < -0.4 is 0 Å². The Kier molecular flexibility index (Phi) is 5.11. The molecule has 130 valence electrons. The molecule has 25 heavy (non-hydrogen) atoms. The number of aromatic nitrogens is 3. The molecule has 0 N–H and O–H groups in total. The molecule has 0 aliphatic heterocycles. The molecule has 0 bridgehead atoms. The van der Waals surface area contributed by atoms with Gasteiger partial charge < -0.3 is 4.57 Å². The van der Waals surface area contributed by atoms with E-state index in [1.54, 1.807) is 17.7 Å². The number of aryl methyl sites for hydroxylation is 3. The standard InChI is InChI=1S/C19H21N3OS2/c1-6-7-22-11(2)8-15(13(22)4)16(23)9-24-18-17-12(3)14(5)25-19(17)21-10-20-18/h6,8,10H,1,7,9H2,2-5H3. The maximum Gasteiger partial charge on any atom is 0.174 e. The van der Waals surface area contributed by atoms with Crippen molar-refractivity contribution in [1.29, 1.82) is 0 Å². The lowest BCUT2D eigenvalue weighted by atomic mass is 10.2. The van der Waals surface area contributed by atoms with E-state index >= 15 is 0 Å². The second kappa shape index (κ2) is 7.14. The first-order chi connectivity index (χ1) is 11.9. The Labute approximate surface area is 156 Å². The molecule has 0 unspecified atom stereocenters. The molecule has 3 aromatic heterocycles. The van der Waals surface area contributed by atoms with Gasteiger partial charge >= 0.3 is 0 Å². The highest BCUT2D eigenvalue weighted by Crippen LogP contribution is 2.34. The lowest BCUT2D eigenvalue weighted by molar-refractivity contribution is 0.102. The summed E-state index contributed by atoms with van der Waals surface area (Å²) in [6.07, 6.45) is 3.43. The minimum absolute atomic E-state index is 0.129. The molecule has 0 aliphatic carbocycles. The van der Waals surface area contributed by atoms with Crippen molar-refractivity contribution in [2.45, 2.75) is 39.3 Å². The van der Waals surface area contributed by atoms with Crippen molar-refractivity contribution in [2.75, 3.05) is 5.75 Å². The number of nitrogens with zero attached hydrogens (tertiary/aromatic N) is 3. The van der Waals surface area contributed by atoms with Crippen LogP contribution in [0.1, 0.15) is 32.2 Å². The van der Waals surface area contributed by atoms with Gasteiger partial charge in [-0.3, -0.25) is 4.79 Å². The lowest BCUT2D eigenvalue weighted by Crippen LogP contribution is -2.06. The summed E-state index contributed by atoms with van der Waals surface area (Å²) in [7, 11) is 0. The second-order valence-corrected chi connectivity index (χ2v) is 8.21. The van der Waals surface area contributed by atoms with Gasteiger partial charge in [0.15, 0.2) is 5.78 Å². The molecule has 0 aliphatic rings. The molecule has 0 saturated heterocycles. The molecule has 3 heterocycles. The number of allylic oxidation sites excluding steroid dienone is 1. The third kappa shape index (κ3) is 3.28. The summed E-state index contributed by atoms with van der Waals surface area (Å²) in [5.74, 6) is 0.503. The van der Waals surface area contributed by atoms with Gasteiger partial charge in [-0.25, -0.2) is 9.97 Å². The SMILES string of the molecule is C=CCn1c(C)cc(C(=O)CSc2ncnc3sc(C)c(C)c23)c1C. The molecule has 3 aromatic rings. The van der Waals surface area contributed by atoms with Crippen molar-refractivity contribution in [2.24, 2.45) is 0 Å². The third-order valence-electron chi connectivity index (χ3n) is 4.46. The van der Waals surface area contributed by atoms with Gasteiger partial charge in [-0.1, -0.05) is 17.8 Å². The number of fused-ring (bicyclic) bond motifs is 1. The summed E-state index contributed by atoms with van der Waals surface area (Å²) < 4.78 is 2.11. The van der Waals surface area contributed by atoms with E-state index in [1.807, 2.05) is 26.0 Å². The molecule has 0 radical (unpaired) electrons. The fourth-order valence-electron chi connectivity index (χ4n) is 2.96. The van der Waals surface area contributed by atoms with E-state index < -0.39 is 0 Å². The third-order valence-corrected chi connectivity index (χ3v) is 6.56. The van der Waals surface area contributed by atoms with E-state index in [0.717, 1.165) is 38.7 Å². The highest BCUT2D eigenvalue weighted by atomic mass is 32.2. The number of ketones is 1. The van der Waals surface area contributed by atoms with Crippen LogP contribution in [0.5, 0.6) is 0 Å². The summed E-state index contributed by atoms with van der Waals surface area (Å²) in [4.78, 5) is 23.7. The van der Waals surface area contributed by atoms with Crippen LogP contribution in [0.2, 0.25) is 0 Å². The van der Waals surface area contributed by atoms with Crippen LogP contribution in [0.3, 0.4) is 0 Å². The smallest absolute Gasteiger partial charge is 0.174 e. The molecule has 4 nitrogen and oxygen atoms in total. The summed E-state index contributed by atoms with van der Waals surface area (Å²) in [6.45, 7) is 12.7. The Morgan fingerprint density at radius 1 is 1.32 bits per heavy atom. The minimum atomic E-state index is 0.129. The van der Waals surface area contributed by atoms with Gasteiger partial charge in [-0.15, -0.1) is 17.9 Å². The highest BCUT2D eigenvalue weighted by molar-refractivity contribution is 8.00. The molecule has 3 rings (SSSR count). The molecular formula is C19H21N3OS2. The number of Topliss-reactive ketones (excluding diaryl/α,β-unsaturated/α-hetero) is 1. The van der Waals surface area contributed by atoms with Crippen LogP contribution in [0, 0.1) is 27.7 Å². The van der Waals surface area contributed by atoms with Crippen molar-refractivity contribution in [3.05, 3.63) is 52.4 Å². The summed E-state index contributed by atoms with van der Waals surface area (Å²) in [5, 5.41) is 1.97. The monoisotopic (exact) mass is 371 g/mol. The normalized spacial score (nSPS) is 11.2. The number of carbonyl (C=O) groups excluding carboxylic acids is 1. The van der Waals surface area contributed by atoms with Gasteiger partial charge in [-0.2, -0.15) is 0 Å². The zero-order valence-electron chi connectivity index (χ0n) is 14.9. The predicted octanol–water partition coefficient (Wildman–Crippen LogP) is 4.89. The largest absolute Gasteiger partial charge is 0.345 e. The Bertz CT molecular complexity index is 969. The van der Waals surface area contributed by atoms with Crippen molar-refractivity contribution in [1.82, 2.24) is 14.5 Å². The number of thioether (sulfide) groups is 1. The van der Waals surface area contributed by atoms with Crippen molar-refractivity contribution in [3.8, 4) is 0 Å². The Morgan fingerprint density at radius 2 is 2.08 bits per heavy atom. The molecule has 0 fully saturated rings. The second-order valence-electron chi connectivity index (χ2n) is 6.04. The van der Waals surface area contributed by atoms with Crippen LogP contribution in [0.15, 0.2) is 30.1 Å². The van der Waals surface area contributed by atoms with Gasteiger partial charge in [0.2, 0.25) is 0 Å². The molecular weight excluding hydrogens is 350 g/mol. The van der Waals surface area contributed by atoms with E-state index in [-0.39, 0.29) is 5.78 Å². The molecule has 0 amide bonds. The zero-order valence-corrected chi connectivity index (χ0v) is 16.6. The topological polar surface area (TPSA) is 47.8 Å². The maximum atomic E-state index is 12.7. The zero-order chi connectivity index (χ0) is 18.1. The first-order valence-electron chi connectivity index (χ1n) is 8.08. The van der Waals surface area contributed by atoms with E-state index in [4.69, 9.17) is 0 Å². The fourth-order valence-corrected chi connectivity index (χ4v) is 4.97. The van der Waals surface area contributed by atoms with Crippen LogP contribution in [-0.4, -0.2) is 26.1 Å². The van der Waals surface area contributed by atoms with Gasteiger partial charge in [-0.05, 0) is 39.3 Å². The van der Waals surface area contributed by atoms with Crippen LogP contribution in [0.25, 0.3) is 10.2 Å². The van der Waals surface area contributed by atoms with Gasteiger partial charge in [0.05, 0.1) is 5.75 Å². The van der Waals surface area contributed by atoms with Crippen LogP contribution >= 0.6 is 23.1 Å². The summed E-state index contributed by atoms with van der Waals surface area (Å²) >= 11 is 3.17. The highest BCUT2D eigenvalue weighted by Gasteiger charge is 2.18. The van der Waals surface area contributed by atoms with Gasteiger partial charge in [0.25, 0.3) is 0 Å². The Hall–Kier alpha value is -1.92. The summed E-state index contributed by atoms with van der Waals surface area (Å²) in [5.41, 5.74) is 4.08. The van der Waals surface area contributed by atoms with E-state index in [9.17, 15) is 4.79 Å². The van der Waals surface area contributed by atoms with Crippen LogP contribution in [-0.2, 0) is 6.54 Å². The summed E-state index contributed by atoms with van der Waals surface area (Å²) in [6, 6.07) is 1.97. The minimum Gasteiger partial charge on any atom is -0.345 e. The van der Waals surface area contributed by atoms with Crippen molar-refractivity contribution < 1.29 is 4.79 Å². The lowest BCUT2D eigenvalue weighted by Gasteiger charge is -2.06. The van der Waals surface area contributed by atoms with E-state index in [1.165, 1.54) is 22.2 Å². The fraction of sp³-hybridized carbons (Fsp3) is 0.316. The van der Waals surface area contributed by atoms with Crippen LogP contribution in [0.4, 0.5) is 0 Å².